The lowest BCUT2D eigenvalue weighted by atomic mass is 10.1. The molecule has 9 nitrogen and oxygen atoms in total. The number of aromatic amines is 1. The molecule has 0 spiro atoms. The van der Waals surface area contributed by atoms with E-state index >= 15 is 0 Å². The Labute approximate surface area is 171 Å². The highest BCUT2D eigenvalue weighted by Crippen LogP contribution is 2.35. The summed E-state index contributed by atoms with van der Waals surface area (Å²) in [6.45, 7) is 0. The molecule has 31 heavy (non-hydrogen) atoms. The molecule has 0 aliphatic heterocycles. The number of nitro groups is 1. The van der Waals surface area contributed by atoms with Crippen molar-refractivity contribution < 1.29 is 18.1 Å². The van der Waals surface area contributed by atoms with Crippen molar-refractivity contribution in [3.8, 4) is 17.3 Å². The van der Waals surface area contributed by atoms with Gasteiger partial charge in [-0.1, -0.05) is 36.4 Å². The van der Waals surface area contributed by atoms with Gasteiger partial charge in [-0.2, -0.15) is 23.5 Å². The summed E-state index contributed by atoms with van der Waals surface area (Å²) in [4.78, 5) is 28.6. The van der Waals surface area contributed by atoms with Crippen LogP contribution in [0.25, 0.3) is 11.3 Å². The van der Waals surface area contributed by atoms with E-state index in [4.69, 9.17) is 0 Å². The van der Waals surface area contributed by atoms with Gasteiger partial charge in [-0.25, -0.2) is 10.4 Å². The molecule has 3 aromatic rings. The summed E-state index contributed by atoms with van der Waals surface area (Å²) in [6, 6.07) is 12.5. The Bertz CT molecular complexity index is 1260. The topological polar surface area (TPSA) is 137 Å². The lowest BCUT2D eigenvalue weighted by Crippen LogP contribution is -2.16. The first-order chi connectivity index (χ1) is 14.7. The number of nitro benzene ring substituents is 1. The van der Waals surface area contributed by atoms with Gasteiger partial charge in [-0.15, -0.1) is 0 Å². The zero-order valence-electron chi connectivity index (χ0n) is 15.3. The van der Waals surface area contributed by atoms with Crippen LogP contribution in [0.4, 0.5) is 24.8 Å². The summed E-state index contributed by atoms with van der Waals surface area (Å²) in [7, 11) is 0. The smallest absolute Gasteiger partial charge is 0.290 e. The minimum absolute atomic E-state index is 0.0335. The minimum Gasteiger partial charge on any atom is -0.290 e. The van der Waals surface area contributed by atoms with E-state index in [1.165, 1.54) is 0 Å². The first kappa shape index (κ1) is 21.2. The van der Waals surface area contributed by atoms with Crippen molar-refractivity contribution in [3.63, 3.8) is 0 Å². The van der Waals surface area contributed by atoms with Crippen LogP contribution in [0.2, 0.25) is 0 Å². The molecular formula is C19H11F3N6O3. The number of halogens is 3. The molecule has 1 aromatic heterocycles. The standard InChI is InChI=1S/C19H11F3N6O3/c20-19(21,22)14-7-4-8-15(28(30)31)13(14)10-24-27-18-25-16(11-5-2-1-3-6-11)12(9-23)17(29)26-18/h1-8,10H,(H2,25,26,27,29). The van der Waals surface area contributed by atoms with Crippen LogP contribution in [-0.2, 0) is 6.18 Å². The molecule has 0 saturated heterocycles. The monoisotopic (exact) mass is 428 g/mol. The maximum Gasteiger partial charge on any atom is 0.417 e. The van der Waals surface area contributed by atoms with Crippen molar-refractivity contribution in [2.45, 2.75) is 6.18 Å². The van der Waals surface area contributed by atoms with E-state index in [2.05, 4.69) is 20.5 Å². The van der Waals surface area contributed by atoms with Crippen molar-refractivity contribution in [3.05, 3.63) is 85.7 Å². The number of nitriles is 1. The fourth-order valence-corrected chi connectivity index (χ4v) is 2.69. The SMILES string of the molecule is N#Cc1c(-c2ccccc2)nc(NN=Cc2c([N+](=O)[O-])cccc2C(F)(F)F)[nH]c1=O. The summed E-state index contributed by atoms with van der Waals surface area (Å²) in [5, 5.41) is 23.9. The molecule has 0 unspecified atom stereocenters. The molecule has 0 aliphatic rings. The molecule has 12 heteroatoms. The Morgan fingerprint density at radius 2 is 1.90 bits per heavy atom. The molecule has 3 rings (SSSR count). The highest BCUT2D eigenvalue weighted by Gasteiger charge is 2.36. The summed E-state index contributed by atoms with van der Waals surface area (Å²) in [5.41, 5.74) is -1.15. The molecule has 1 heterocycles. The van der Waals surface area contributed by atoms with Crippen LogP contribution in [0.15, 0.2) is 58.4 Å². The maximum absolute atomic E-state index is 13.2. The highest BCUT2D eigenvalue weighted by atomic mass is 19.4. The Hall–Kier alpha value is -4.53. The van der Waals surface area contributed by atoms with E-state index in [9.17, 15) is 33.3 Å². The number of nitrogens with one attached hydrogen (secondary N) is 2. The molecule has 0 bridgehead atoms. The Morgan fingerprint density at radius 3 is 2.52 bits per heavy atom. The van der Waals surface area contributed by atoms with E-state index in [0.717, 1.165) is 12.1 Å². The number of hydrazone groups is 1. The number of alkyl halides is 3. The zero-order valence-corrected chi connectivity index (χ0v) is 15.3. The number of aromatic nitrogens is 2. The second-order valence-electron chi connectivity index (χ2n) is 5.98. The van der Waals surface area contributed by atoms with Crippen molar-refractivity contribution >= 4 is 17.9 Å². The maximum atomic E-state index is 13.2. The Kier molecular flexibility index (Phi) is 5.78. The summed E-state index contributed by atoms with van der Waals surface area (Å²) >= 11 is 0. The molecule has 0 saturated carbocycles. The normalized spacial score (nSPS) is 11.3. The predicted molar refractivity (Wildman–Crippen MR) is 104 cm³/mol. The summed E-state index contributed by atoms with van der Waals surface area (Å²) in [6.07, 6.45) is -4.24. The summed E-state index contributed by atoms with van der Waals surface area (Å²) < 4.78 is 39.7. The lowest BCUT2D eigenvalue weighted by Gasteiger charge is -2.10. The van der Waals surface area contributed by atoms with Gasteiger partial charge in [0.25, 0.3) is 11.2 Å². The number of hydrogen-bond donors (Lipinski definition) is 2. The molecule has 0 amide bonds. The molecule has 2 aromatic carbocycles. The molecule has 0 radical (unpaired) electrons. The number of rotatable bonds is 5. The second-order valence-corrected chi connectivity index (χ2v) is 5.98. The van der Waals surface area contributed by atoms with E-state index in [1.807, 2.05) is 0 Å². The Balaban J connectivity index is 2.01. The van der Waals surface area contributed by atoms with Gasteiger partial charge >= 0.3 is 6.18 Å². The molecule has 0 aliphatic carbocycles. The number of nitrogens with zero attached hydrogens (tertiary/aromatic N) is 4. The molecule has 156 valence electrons. The van der Waals surface area contributed by atoms with Crippen LogP contribution in [0.1, 0.15) is 16.7 Å². The average Bonchev–Trinajstić information content (AvgIpc) is 2.73. The van der Waals surface area contributed by atoms with Gasteiger partial charge in [0.15, 0.2) is 0 Å². The molecule has 0 atom stereocenters. The van der Waals surface area contributed by atoms with Crippen LogP contribution >= 0.6 is 0 Å². The van der Waals surface area contributed by atoms with Crippen molar-refractivity contribution in [1.29, 1.82) is 5.26 Å². The third kappa shape index (κ3) is 4.56. The van der Waals surface area contributed by atoms with Gasteiger partial charge in [-0.05, 0) is 6.07 Å². The zero-order chi connectivity index (χ0) is 22.6. The van der Waals surface area contributed by atoms with Crippen LogP contribution in [0.5, 0.6) is 0 Å². The average molecular weight is 428 g/mol. The van der Waals surface area contributed by atoms with E-state index < -0.39 is 33.5 Å². The van der Waals surface area contributed by atoms with Crippen LogP contribution < -0.4 is 11.0 Å². The first-order valence-electron chi connectivity index (χ1n) is 8.46. The van der Waals surface area contributed by atoms with Gasteiger partial charge in [0.1, 0.15) is 11.6 Å². The predicted octanol–water partition coefficient (Wildman–Crippen LogP) is 3.68. The van der Waals surface area contributed by atoms with Gasteiger partial charge in [0.2, 0.25) is 5.95 Å². The first-order valence-corrected chi connectivity index (χ1v) is 8.46. The fourth-order valence-electron chi connectivity index (χ4n) is 2.69. The van der Waals surface area contributed by atoms with Crippen molar-refractivity contribution in [2.24, 2.45) is 5.10 Å². The van der Waals surface area contributed by atoms with Crippen molar-refractivity contribution in [1.82, 2.24) is 9.97 Å². The second kappa shape index (κ2) is 8.46. The van der Waals surface area contributed by atoms with Crippen LogP contribution in [0.3, 0.4) is 0 Å². The van der Waals surface area contributed by atoms with Gasteiger partial charge in [0.05, 0.1) is 28.0 Å². The summed E-state index contributed by atoms with van der Waals surface area (Å²) in [5.74, 6) is -0.272. The van der Waals surface area contributed by atoms with Crippen molar-refractivity contribution in [2.75, 3.05) is 5.43 Å². The molecule has 2 N–H and O–H groups in total. The quantitative estimate of drug-likeness (QED) is 0.361. The Morgan fingerprint density at radius 1 is 1.19 bits per heavy atom. The molecule has 0 fully saturated rings. The van der Waals surface area contributed by atoms with Crippen LogP contribution in [0, 0.1) is 21.4 Å². The number of benzene rings is 2. The van der Waals surface area contributed by atoms with Gasteiger partial charge < -0.3 is 0 Å². The van der Waals surface area contributed by atoms with Crippen LogP contribution in [-0.4, -0.2) is 21.1 Å². The minimum atomic E-state index is -4.85. The largest absolute Gasteiger partial charge is 0.417 e. The van der Waals surface area contributed by atoms with Gasteiger partial charge in [0, 0.05) is 11.6 Å². The van der Waals surface area contributed by atoms with Gasteiger partial charge in [-0.3, -0.25) is 19.9 Å². The lowest BCUT2D eigenvalue weighted by molar-refractivity contribution is -0.385. The van der Waals surface area contributed by atoms with E-state index in [0.29, 0.717) is 17.8 Å². The third-order valence-electron chi connectivity index (χ3n) is 4.03. The number of H-pyrrole nitrogens is 1. The van der Waals surface area contributed by atoms with E-state index in [-0.39, 0.29) is 17.2 Å². The third-order valence-corrected chi connectivity index (χ3v) is 4.03. The number of anilines is 1. The molecular weight excluding hydrogens is 417 g/mol. The van der Waals surface area contributed by atoms with E-state index in [1.54, 1.807) is 36.4 Å². The highest BCUT2D eigenvalue weighted by molar-refractivity contribution is 5.88. The number of hydrogen-bond acceptors (Lipinski definition) is 7. The fraction of sp³-hybridized carbons (Fsp3) is 0.0526.